The average molecular weight is 324 g/mol. The van der Waals surface area contributed by atoms with Gasteiger partial charge in [0.25, 0.3) is 0 Å². The van der Waals surface area contributed by atoms with Crippen LogP contribution >= 0.6 is 0 Å². The molecule has 24 heavy (non-hydrogen) atoms. The molecule has 3 rings (SSSR count). The lowest BCUT2D eigenvalue weighted by Crippen LogP contribution is -2.24. The molecule has 0 fully saturated rings. The predicted molar refractivity (Wildman–Crippen MR) is 90.0 cm³/mol. The van der Waals surface area contributed by atoms with Gasteiger partial charge in [-0.15, -0.1) is 0 Å². The molecule has 0 heterocycles. The number of esters is 1. The van der Waals surface area contributed by atoms with E-state index in [4.69, 9.17) is 9.47 Å². The number of benzene rings is 2. The van der Waals surface area contributed by atoms with E-state index >= 15 is 0 Å². The fourth-order valence-corrected chi connectivity index (χ4v) is 3.02. The van der Waals surface area contributed by atoms with Gasteiger partial charge in [0.1, 0.15) is 18.3 Å². The average Bonchev–Trinajstić information content (AvgIpc) is 2.79. The van der Waals surface area contributed by atoms with Crippen molar-refractivity contribution in [1.82, 2.24) is 0 Å². The summed E-state index contributed by atoms with van der Waals surface area (Å²) in [6, 6.07) is 15.4. The number of methoxy groups -OCH3 is 1. The van der Waals surface area contributed by atoms with Crippen LogP contribution in [0, 0.1) is 5.92 Å². The van der Waals surface area contributed by atoms with Gasteiger partial charge in [-0.3, -0.25) is 9.59 Å². The van der Waals surface area contributed by atoms with Crippen LogP contribution in [0.2, 0.25) is 0 Å². The minimum Gasteiger partial charge on any atom is -0.489 e. The molecule has 0 N–H and O–H groups in total. The summed E-state index contributed by atoms with van der Waals surface area (Å²) in [7, 11) is 1.32. The van der Waals surface area contributed by atoms with E-state index in [1.807, 2.05) is 42.5 Å². The Morgan fingerprint density at radius 3 is 2.71 bits per heavy atom. The Hall–Kier alpha value is -2.62. The number of rotatable bonds is 4. The molecule has 124 valence electrons. The zero-order valence-electron chi connectivity index (χ0n) is 13.7. The van der Waals surface area contributed by atoms with Crippen molar-refractivity contribution in [3.63, 3.8) is 0 Å². The van der Waals surface area contributed by atoms with E-state index in [0.29, 0.717) is 24.3 Å². The molecule has 0 amide bonds. The first kappa shape index (κ1) is 16.2. The van der Waals surface area contributed by atoms with Crippen LogP contribution in [-0.2, 0) is 22.6 Å². The molecule has 4 heteroatoms. The summed E-state index contributed by atoms with van der Waals surface area (Å²) >= 11 is 0. The van der Waals surface area contributed by atoms with Crippen LogP contribution < -0.4 is 4.74 Å². The van der Waals surface area contributed by atoms with Gasteiger partial charge < -0.3 is 9.47 Å². The predicted octanol–water partition coefficient (Wildman–Crippen LogP) is 3.57. The van der Waals surface area contributed by atoms with Crippen LogP contribution in [0.3, 0.4) is 0 Å². The molecule has 2 aromatic rings. The van der Waals surface area contributed by atoms with Gasteiger partial charge in [0.05, 0.1) is 7.11 Å². The molecule has 0 saturated heterocycles. The number of ether oxygens (including phenoxy) is 2. The molecule has 1 unspecified atom stereocenters. The SMILES string of the molecule is COC(=O)C1CCCc2ccc(OCc3ccccc3)cc2C1=O. The second-order valence-corrected chi connectivity index (χ2v) is 5.93. The maximum atomic E-state index is 12.7. The highest BCUT2D eigenvalue weighted by molar-refractivity contribution is 6.09. The van der Waals surface area contributed by atoms with Crippen LogP contribution in [0.1, 0.15) is 34.3 Å². The summed E-state index contributed by atoms with van der Waals surface area (Å²) in [5.74, 6) is -0.694. The van der Waals surface area contributed by atoms with E-state index in [2.05, 4.69) is 0 Å². The Morgan fingerprint density at radius 1 is 1.17 bits per heavy atom. The Morgan fingerprint density at radius 2 is 1.96 bits per heavy atom. The molecular weight excluding hydrogens is 304 g/mol. The standard InChI is InChI=1S/C20H20O4/c1-23-20(22)17-9-5-8-15-10-11-16(12-18(15)19(17)21)24-13-14-6-3-2-4-7-14/h2-4,6-7,10-12,17H,5,8-9,13H2,1H3. The number of hydrogen-bond donors (Lipinski definition) is 0. The van der Waals surface area contributed by atoms with Gasteiger partial charge in [0, 0.05) is 5.56 Å². The number of hydrogen-bond acceptors (Lipinski definition) is 4. The minimum absolute atomic E-state index is 0.167. The lowest BCUT2D eigenvalue weighted by Gasteiger charge is -2.13. The van der Waals surface area contributed by atoms with E-state index < -0.39 is 11.9 Å². The molecule has 4 nitrogen and oxygen atoms in total. The van der Waals surface area contributed by atoms with E-state index in [9.17, 15) is 9.59 Å². The second kappa shape index (κ2) is 7.30. The second-order valence-electron chi connectivity index (χ2n) is 5.93. The quantitative estimate of drug-likeness (QED) is 0.490. The maximum absolute atomic E-state index is 12.7. The first-order valence-electron chi connectivity index (χ1n) is 8.10. The fourth-order valence-electron chi connectivity index (χ4n) is 3.02. The topological polar surface area (TPSA) is 52.6 Å². The van der Waals surface area contributed by atoms with Crippen molar-refractivity contribution >= 4 is 11.8 Å². The number of carbonyl (C=O) groups is 2. The zero-order valence-corrected chi connectivity index (χ0v) is 13.7. The molecule has 0 spiro atoms. The van der Waals surface area contributed by atoms with Crippen molar-refractivity contribution in [3.8, 4) is 5.75 Å². The summed E-state index contributed by atoms with van der Waals surface area (Å²) in [5.41, 5.74) is 2.61. The molecule has 1 atom stereocenters. The van der Waals surface area contributed by atoms with Crippen molar-refractivity contribution in [3.05, 3.63) is 65.2 Å². The van der Waals surface area contributed by atoms with Gasteiger partial charge in [-0.1, -0.05) is 36.4 Å². The molecule has 0 saturated carbocycles. The third-order valence-corrected chi connectivity index (χ3v) is 4.34. The highest BCUT2D eigenvalue weighted by Crippen LogP contribution is 2.28. The third kappa shape index (κ3) is 3.48. The summed E-state index contributed by atoms with van der Waals surface area (Å²) in [6.45, 7) is 0.439. The smallest absolute Gasteiger partial charge is 0.316 e. The Bertz CT molecular complexity index is 737. The molecule has 2 aromatic carbocycles. The first-order valence-corrected chi connectivity index (χ1v) is 8.10. The zero-order chi connectivity index (χ0) is 16.9. The van der Waals surface area contributed by atoms with Crippen LogP contribution in [0.5, 0.6) is 5.75 Å². The van der Waals surface area contributed by atoms with E-state index in [0.717, 1.165) is 24.0 Å². The van der Waals surface area contributed by atoms with Crippen molar-refractivity contribution in [2.24, 2.45) is 5.92 Å². The van der Waals surface area contributed by atoms with Crippen molar-refractivity contribution in [2.45, 2.75) is 25.9 Å². The van der Waals surface area contributed by atoms with E-state index in [-0.39, 0.29) is 5.78 Å². The van der Waals surface area contributed by atoms with Crippen molar-refractivity contribution in [1.29, 1.82) is 0 Å². The molecule has 0 bridgehead atoms. The third-order valence-electron chi connectivity index (χ3n) is 4.34. The van der Waals surface area contributed by atoms with Gasteiger partial charge in [-0.25, -0.2) is 0 Å². The largest absolute Gasteiger partial charge is 0.489 e. The van der Waals surface area contributed by atoms with Crippen molar-refractivity contribution < 1.29 is 19.1 Å². The summed E-state index contributed by atoms with van der Waals surface area (Å²) in [6.07, 6.45) is 2.11. The summed E-state index contributed by atoms with van der Waals surface area (Å²) < 4.78 is 10.6. The van der Waals surface area contributed by atoms with E-state index in [1.54, 1.807) is 6.07 Å². The van der Waals surface area contributed by atoms with Gasteiger partial charge >= 0.3 is 5.97 Å². The molecular formula is C20H20O4. The molecule has 0 aliphatic heterocycles. The monoisotopic (exact) mass is 324 g/mol. The maximum Gasteiger partial charge on any atom is 0.316 e. The van der Waals surface area contributed by atoms with Crippen LogP contribution in [0.15, 0.2) is 48.5 Å². The molecule has 0 aromatic heterocycles. The Balaban J connectivity index is 1.81. The number of fused-ring (bicyclic) bond motifs is 1. The number of aryl methyl sites for hydroxylation is 1. The van der Waals surface area contributed by atoms with E-state index in [1.165, 1.54) is 7.11 Å². The van der Waals surface area contributed by atoms with Gasteiger partial charge in [-0.05, 0) is 42.5 Å². The molecule has 1 aliphatic rings. The minimum atomic E-state index is -0.708. The fraction of sp³-hybridized carbons (Fsp3) is 0.300. The number of ketones is 1. The van der Waals surface area contributed by atoms with Crippen LogP contribution in [-0.4, -0.2) is 18.9 Å². The highest BCUT2D eigenvalue weighted by Gasteiger charge is 2.32. The van der Waals surface area contributed by atoms with Crippen LogP contribution in [0.4, 0.5) is 0 Å². The van der Waals surface area contributed by atoms with Gasteiger partial charge in [-0.2, -0.15) is 0 Å². The summed E-state index contributed by atoms with van der Waals surface area (Å²) in [5, 5.41) is 0. The Labute approximate surface area is 141 Å². The first-order chi connectivity index (χ1) is 11.7. The normalized spacial score (nSPS) is 16.9. The lowest BCUT2D eigenvalue weighted by atomic mass is 9.95. The molecule has 1 aliphatic carbocycles. The van der Waals surface area contributed by atoms with Crippen LogP contribution in [0.25, 0.3) is 0 Å². The Kier molecular flexibility index (Phi) is 4.94. The summed E-state index contributed by atoms with van der Waals surface area (Å²) in [4.78, 5) is 24.6. The number of Topliss-reactive ketones (excluding diaryl/α,β-unsaturated/α-hetero) is 1. The van der Waals surface area contributed by atoms with Gasteiger partial charge in [0.15, 0.2) is 5.78 Å². The lowest BCUT2D eigenvalue weighted by molar-refractivity contribution is -0.143. The molecule has 0 radical (unpaired) electrons. The highest BCUT2D eigenvalue weighted by atomic mass is 16.5. The number of carbonyl (C=O) groups excluding carboxylic acids is 2. The van der Waals surface area contributed by atoms with Crippen molar-refractivity contribution in [2.75, 3.05) is 7.11 Å². The van der Waals surface area contributed by atoms with Gasteiger partial charge in [0.2, 0.25) is 0 Å².